The number of esters is 1. The lowest BCUT2D eigenvalue weighted by molar-refractivity contribution is -0.139. The van der Waals surface area contributed by atoms with E-state index in [0.29, 0.717) is 59.7 Å². The molecule has 0 unspecified atom stereocenters. The van der Waals surface area contributed by atoms with Crippen molar-refractivity contribution < 1.29 is 23.4 Å². The van der Waals surface area contributed by atoms with E-state index in [4.69, 9.17) is 30.2 Å². The first kappa shape index (κ1) is 29.9. The average Bonchev–Trinajstić information content (AvgIpc) is 3.54. The van der Waals surface area contributed by atoms with E-state index in [2.05, 4.69) is 20.9 Å². The number of furan rings is 1. The van der Waals surface area contributed by atoms with Crippen molar-refractivity contribution in [3.63, 3.8) is 0 Å². The molecule has 0 fully saturated rings. The van der Waals surface area contributed by atoms with Crippen LogP contribution < -0.4 is 24.4 Å². The first-order valence-electron chi connectivity index (χ1n) is 13.2. The summed E-state index contributed by atoms with van der Waals surface area (Å²) in [5.41, 5.74) is 2.90. The predicted octanol–water partition coefficient (Wildman–Crippen LogP) is 6.19. The van der Waals surface area contributed by atoms with E-state index >= 15 is 0 Å². The molecule has 1 aliphatic rings. The molecule has 2 aromatic heterocycles. The molecule has 5 rings (SSSR count). The van der Waals surface area contributed by atoms with E-state index in [1.54, 1.807) is 38.1 Å². The van der Waals surface area contributed by atoms with Crippen molar-refractivity contribution in [1.29, 1.82) is 0 Å². The van der Waals surface area contributed by atoms with Gasteiger partial charge in [0.1, 0.15) is 11.5 Å². The Bertz CT molecular complexity index is 1900. The zero-order chi connectivity index (χ0) is 30.1. The van der Waals surface area contributed by atoms with Crippen molar-refractivity contribution in [2.45, 2.75) is 33.7 Å². The van der Waals surface area contributed by atoms with Crippen LogP contribution in [-0.4, -0.2) is 30.9 Å². The van der Waals surface area contributed by atoms with Crippen LogP contribution in [0.3, 0.4) is 0 Å². The summed E-state index contributed by atoms with van der Waals surface area (Å²) in [5, 5.41) is 0.603. The number of ether oxygens (including phenoxy) is 3. The van der Waals surface area contributed by atoms with Gasteiger partial charge in [-0.3, -0.25) is 9.36 Å². The molecule has 4 aromatic rings. The van der Waals surface area contributed by atoms with E-state index in [0.717, 1.165) is 11.1 Å². The molecule has 42 heavy (non-hydrogen) atoms. The summed E-state index contributed by atoms with van der Waals surface area (Å²) in [4.78, 5) is 32.4. The molecular formula is C31H28BrClN2O6S. The second-order valence-electron chi connectivity index (χ2n) is 9.42. The molecule has 0 spiro atoms. The van der Waals surface area contributed by atoms with Crippen LogP contribution in [-0.2, 0) is 9.53 Å². The van der Waals surface area contributed by atoms with Gasteiger partial charge in [0.2, 0.25) is 0 Å². The summed E-state index contributed by atoms with van der Waals surface area (Å²) in [6, 6.07) is 11.9. The van der Waals surface area contributed by atoms with Crippen LogP contribution in [0.15, 0.2) is 72.4 Å². The Labute approximate surface area is 259 Å². The number of benzene rings is 2. The van der Waals surface area contributed by atoms with Gasteiger partial charge in [-0.1, -0.05) is 44.9 Å². The first-order chi connectivity index (χ1) is 20.2. The number of methoxy groups -OCH3 is 1. The second kappa shape index (κ2) is 12.3. The van der Waals surface area contributed by atoms with Crippen LogP contribution >= 0.6 is 38.9 Å². The normalized spacial score (nSPS) is 14.9. The number of hydrogen-bond acceptors (Lipinski definition) is 8. The minimum absolute atomic E-state index is 0.174. The minimum atomic E-state index is -0.831. The van der Waals surface area contributed by atoms with E-state index in [9.17, 15) is 9.59 Å². The predicted molar refractivity (Wildman–Crippen MR) is 166 cm³/mol. The Kier molecular flexibility index (Phi) is 8.77. The third kappa shape index (κ3) is 5.58. The molecular weight excluding hydrogens is 644 g/mol. The van der Waals surface area contributed by atoms with Gasteiger partial charge in [-0.25, -0.2) is 9.79 Å². The van der Waals surface area contributed by atoms with Crippen molar-refractivity contribution in [2.75, 3.05) is 20.3 Å². The van der Waals surface area contributed by atoms with Crippen molar-refractivity contribution in [2.24, 2.45) is 4.99 Å². The maximum absolute atomic E-state index is 14.0. The summed E-state index contributed by atoms with van der Waals surface area (Å²) >= 11 is 11.1. The molecule has 11 heteroatoms. The zero-order valence-electron chi connectivity index (χ0n) is 23.6. The Morgan fingerprint density at radius 3 is 2.64 bits per heavy atom. The Morgan fingerprint density at radius 1 is 1.14 bits per heavy atom. The molecule has 0 amide bonds. The van der Waals surface area contributed by atoms with Crippen LogP contribution in [0.5, 0.6) is 11.5 Å². The van der Waals surface area contributed by atoms with Gasteiger partial charge < -0.3 is 18.6 Å². The topological polar surface area (TPSA) is 92.3 Å². The van der Waals surface area contributed by atoms with Gasteiger partial charge >= 0.3 is 5.97 Å². The summed E-state index contributed by atoms with van der Waals surface area (Å²) in [6.07, 6.45) is 1.68. The highest BCUT2D eigenvalue weighted by Gasteiger charge is 2.35. The van der Waals surface area contributed by atoms with Crippen molar-refractivity contribution in [3.05, 3.63) is 99.8 Å². The molecule has 0 saturated heterocycles. The standard InChI is InChI=1S/C31H28BrClN2O6S/c1-6-39-25-15-22(32)21(14-24(25)38-5)28-27(30(37)40-7-2)17(4)34-31-35(28)29(36)26(42-31)13-19-10-11-23(41-19)20-12-18(33)9-8-16(20)3/h8-15,28H,6-7H2,1-5H3/b26-13+/t28-/m0/s1. The Balaban J connectivity index is 1.68. The Morgan fingerprint density at radius 2 is 1.93 bits per heavy atom. The monoisotopic (exact) mass is 670 g/mol. The van der Waals surface area contributed by atoms with Crippen molar-refractivity contribution in [3.8, 4) is 22.8 Å². The minimum Gasteiger partial charge on any atom is -0.493 e. The highest BCUT2D eigenvalue weighted by molar-refractivity contribution is 9.10. The van der Waals surface area contributed by atoms with Crippen LogP contribution in [0.4, 0.5) is 0 Å². The molecule has 1 aliphatic heterocycles. The third-order valence-corrected chi connectivity index (χ3v) is 8.66. The van der Waals surface area contributed by atoms with Gasteiger partial charge in [-0.05, 0) is 75.2 Å². The molecule has 2 aromatic carbocycles. The number of fused-ring (bicyclic) bond motifs is 1. The molecule has 0 saturated carbocycles. The molecule has 0 aliphatic carbocycles. The number of thiazole rings is 1. The van der Waals surface area contributed by atoms with E-state index in [1.165, 1.54) is 23.0 Å². The van der Waals surface area contributed by atoms with Gasteiger partial charge in [-0.15, -0.1) is 0 Å². The number of rotatable bonds is 8. The van der Waals surface area contributed by atoms with Crippen LogP contribution in [0, 0.1) is 6.92 Å². The molecule has 0 bridgehead atoms. The van der Waals surface area contributed by atoms with Gasteiger partial charge in [-0.2, -0.15) is 0 Å². The third-order valence-electron chi connectivity index (χ3n) is 6.76. The number of carbonyl (C=O) groups excluding carboxylic acids is 1. The summed E-state index contributed by atoms with van der Waals surface area (Å²) < 4.78 is 25.4. The van der Waals surface area contributed by atoms with Gasteiger partial charge in [0, 0.05) is 21.1 Å². The molecule has 218 valence electrons. The zero-order valence-corrected chi connectivity index (χ0v) is 26.8. The molecule has 1 atom stereocenters. The van der Waals surface area contributed by atoms with E-state index in [-0.39, 0.29) is 17.7 Å². The van der Waals surface area contributed by atoms with E-state index in [1.807, 2.05) is 38.1 Å². The smallest absolute Gasteiger partial charge is 0.338 e. The fourth-order valence-corrected chi connectivity index (χ4v) is 6.58. The molecule has 0 radical (unpaired) electrons. The lowest BCUT2D eigenvalue weighted by Gasteiger charge is -2.26. The number of aromatic nitrogens is 1. The Hall–Kier alpha value is -3.60. The van der Waals surface area contributed by atoms with Crippen LogP contribution in [0.25, 0.3) is 17.4 Å². The van der Waals surface area contributed by atoms with E-state index < -0.39 is 12.0 Å². The number of aryl methyl sites for hydroxylation is 1. The van der Waals surface area contributed by atoms with Crippen molar-refractivity contribution >= 4 is 50.9 Å². The fourth-order valence-electron chi connectivity index (χ4n) is 4.84. The van der Waals surface area contributed by atoms with Gasteiger partial charge in [0.05, 0.1) is 42.2 Å². The number of nitrogens with zero attached hydrogens (tertiary/aromatic N) is 2. The fraction of sp³-hybridized carbons (Fsp3) is 0.258. The number of allylic oxidation sites excluding steroid dienone is 1. The quantitative estimate of drug-likeness (QED) is 0.208. The average molecular weight is 672 g/mol. The summed E-state index contributed by atoms with van der Waals surface area (Å²) in [7, 11) is 1.54. The number of hydrogen-bond donors (Lipinski definition) is 0. The first-order valence-corrected chi connectivity index (χ1v) is 15.2. The molecule has 8 nitrogen and oxygen atoms in total. The molecule has 0 N–H and O–H groups in total. The largest absolute Gasteiger partial charge is 0.493 e. The lowest BCUT2D eigenvalue weighted by Crippen LogP contribution is -2.40. The highest BCUT2D eigenvalue weighted by Crippen LogP contribution is 2.41. The van der Waals surface area contributed by atoms with Crippen LogP contribution in [0.1, 0.15) is 43.7 Å². The summed E-state index contributed by atoms with van der Waals surface area (Å²) in [6.45, 7) is 7.94. The highest BCUT2D eigenvalue weighted by atomic mass is 79.9. The number of carbonyl (C=O) groups is 1. The second-order valence-corrected chi connectivity index (χ2v) is 11.7. The lowest BCUT2D eigenvalue weighted by atomic mass is 9.95. The summed E-state index contributed by atoms with van der Waals surface area (Å²) in [5.74, 6) is 1.58. The van der Waals surface area contributed by atoms with Gasteiger partial charge in [0.15, 0.2) is 16.3 Å². The maximum Gasteiger partial charge on any atom is 0.338 e. The van der Waals surface area contributed by atoms with Crippen molar-refractivity contribution in [1.82, 2.24) is 4.57 Å². The molecule has 3 heterocycles. The maximum atomic E-state index is 14.0. The van der Waals surface area contributed by atoms with Crippen LogP contribution in [0.2, 0.25) is 5.02 Å². The SMILES string of the molecule is CCOC(=O)C1=C(C)N=c2s/c(=C/c3ccc(-c4cc(Cl)ccc4C)o3)c(=O)n2[C@H]1c1cc(OC)c(OCC)cc1Br. The number of halogens is 2. The van der Waals surface area contributed by atoms with Gasteiger partial charge in [0.25, 0.3) is 5.56 Å².